The number of fused-ring (bicyclic) bond motifs is 5. The Morgan fingerprint density at radius 3 is 1.33 bits per heavy atom. The van der Waals surface area contributed by atoms with Gasteiger partial charge in [0.15, 0.2) is 5.78 Å². The van der Waals surface area contributed by atoms with E-state index in [9.17, 15) is 0 Å². The van der Waals surface area contributed by atoms with Crippen LogP contribution in [0.25, 0.3) is 11.1 Å². The van der Waals surface area contributed by atoms with Crippen molar-refractivity contribution in [3.63, 3.8) is 0 Å². The Bertz CT molecular complexity index is 1960. The molecule has 3 aliphatic rings. The molecule has 224 valence electrons. The van der Waals surface area contributed by atoms with Gasteiger partial charge in [-0.25, -0.2) is 4.90 Å². The van der Waals surface area contributed by atoms with E-state index >= 15 is 14.4 Å². The van der Waals surface area contributed by atoms with Crippen molar-refractivity contribution < 1.29 is 14.4 Å². The predicted molar refractivity (Wildman–Crippen MR) is 182 cm³/mol. The lowest BCUT2D eigenvalue weighted by atomic mass is 9.59. The molecule has 0 unspecified atom stereocenters. The van der Waals surface area contributed by atoms with Crippen molar-refractivity contribution >= 4 is 57.6 Å². The summed E-state index contributed by atoms with van der Waals surface area (Å²) in [5.74, 6) is -2.98. The number of carbonyl (C=O) groups is 3. The number of anilines is 1. The van der Waals surface area contributed by atoms with Crippen LogP contribution >= 0.6 is 23.2 Å². The molecule has 1 saturated carbocycles. The number of aryl methyl sites for hydroxylation is 1. The second-order valence-electron chi connectivity index (χ2n) is 12.2. The van der Waals surface area contributed by atoms with E-state index in [1.54, 1.807) is 30.3 Å². The van der Waals surface area contributed by atoms with E-state index in [1.165, 1.54) is 4.90 Å². The molecule has 0 aromatic heterocycles. The Hall–Kier alpha value is -4.77. The number of imide groups is 1. The third-order valence-electron chi connectivity index (χ3n) is 10.1. The molecule has 2 amide bonds. The van der Waals surface area contributed by atoms with Crippen LogP contribution < -0.4 is 4.90 Å². The first-order valence-corrected chi connectivity index (χ1v) is 15.9. The van der Waals surface area contributed by atoms with Crippen molar-refractivity contribution in [1.29, 1.82) is 0 Å². The lowest BCUT2D eigenvalue weighted by Crippen LogP contribution is -2.45. The maximum Gasteiger partial charge on any atom is 0.239 e. The molecule has 6 heteroatoms. The van der Waals surface area contributed by atoms with Crippen molar-refractivity contribution in [3.8, 4) is 0 Å². The van der Waals surface area contributed by atoms with Crippen LogP contribution in [0.2, 0.25) is 10.0 Å². The number of amides is 2. The molecule has 2 bridgehead atoms. The second kappa shape index (κ2) is 10.4. The number of nitrogens with zero attached hydrogens (tertiary/aromatic N) is 1. The van der Waals surface area contributed by atoms with E-state index in [4.69, 9.17) is 23.2 Å². The van der Waals surface area contributed by atoms with E-state index < -0.39 is 22.7 Å². The number of carbonyl (C=O) groups excluding carboxylic acids is 3. The third-order valence-corrected chi connectivity index (χ3v) is 10.6. The van der Waals surface area contributed by atoms with Gasteiger partial charge in [-0.15, -0.1) is 0 Å². The van der Waals surface area contributed by atoms with E-state index in [0.717, 1.165) is 27.8 Å². The van der Waals surface area contributed by atoms with Gasteiger partial charge in [-0.3, -0.25) is 14.4 Å². The average Bonchev–Trinajstić information content (AvgIpc) is 3.58. The Labute approximate surface area is 276 Å². The fourth-order valence-corrected chi connectivity index (χ4v) is 8.66. The van der Waals surface area contributed by atoms with Crippen molar-refractivity contribution in [2.24, 2.45) is 11.8 Å². The molecule has 8 rings (SSSR count). The fourth-order valence-electron chi connectivity index (χ4n) is 8.41. The average molecular weight is 641 g/mol. The normalized spacial score (nSPS) is 25.0. The maximum absolute atomic E-state index is 15.9. The first kappa shape index (κ1) is 28.7. The highest BCUT2D eigenvalue weighted by Crippen LogP contribution is 2.74. The van der Waals surface area contributed by atoms with Crippen molar-refractivity contribution in [2.45, 2.75) is 17.8 Å². The summed E-state index contributed by atoms with van der Waals surface area (Å²) in [5, 5.41) is 1.01. The molecule has 0 N–H and O–H groups in total. The van der Waals surface area contributed by atoms with Crippen molar-refractivity contribution in [3.05, 3.63) is 171 Å². The minimum absolute atomic E-state index is 0.191. The quantitative estimate of drug-likeness (QED) is 0.181. The van der Waals surface area contributed by atoms with Crippen molar-refractivity contribution in [2.75, 3.05) is 4.90 Å². The minimum Gasteiger partial charge on any atom is -0.297 e. The summed E-state index contributed by atoms with van der Waals surface area (Å²) in [6, 6.07) is 41.2. The van der Waals surface area contributed by atoms with Gasteiger partial charge in [0, 0.05) is 10.0 Å². The molecule has 0 radical (unpaired) electrons. The van der Waals surface area contributed by atoms with Crippen LogP contribution in [0.3, 0.4) is 0 Å². The molecule has 4 nitrogen and oxygen atoms in total. The SMILES string of the molecule is Cc1ccccc1N1C(=O)[C@H]2[C@H](C1=O)[C@@]1(c3ccc(Cl)cc3)C(=O)[C@@]2(c2ccc(Cl)cc2)C(c2ccccc2)=C1c1ccccc1. The number of para-hydroxylation sites is 1. The predicted octanol–water partition coefficient (Wildman–Crippen LogP) is 8.49. The molecular weight excluding hydrogens is 613 g/mol. The summed E-state index contributed by atoms with van der Waals surface area (Å²) in [6.07, 6.45) is 0. The number of hydrogen-bond acceptors (Lipinski definition) is 3. The van der Waals surface area contributed by atoms with Crippen LogP contribution in [0, 0.1) is 18.8 Å². The molecule has 5 aromatic rings. The number of benzene rings is 5. The summed E-state index contributed by atoms with van der Waals surface area (Å²) >= 11 is 12.8. The zero-order valence-electron chi connectivity index (χ0n) is 24.8. The van der Waals surface area contributed by atoms with Gasteiger partial charge in [0.2, 0.25) is 11.8 Å². The molecule has 0 spiro atoms. The zero-order chi connectivity index (χ0) is 31.8. The van der Waals surface area contributed by atoms with Crippen molar-refractivity contribution in [1.82, 2.24) is 0 Å². The zero-order valence-corrected chi connectivity index (χ0v) is 26.3. The van der Waals surface area contributed by atoms with Gasteiger partial charge in [0.05, 0.1) is 28.4 Å². The number of halogens is 2. The fraction of sp³-hybridized carbons (Fsp3) is 0.125. The minimum atomic E-state index is -1.49. The summed E-state index contributed by atoms with van der Waals surface area (Å²) in [5.41, 5.74) is 2.68. The number of allylic oxidation sites excluding steroid dienone is 2. The van der Waals surface area contributed by atoms with Crippen LogP contribution in [0.1, 0.15) is 27.8 Å². The molecule has 2 fully saturated rings. The Balaban J connectivity index is 1.57. The van der Waals surface area contributed by atoms with Crippen LogP contribution in [-0.2, 0) is 25.2 Å². The number of ketones is 1. The second-order valence-corrected chi connectivity index (χ2v) is 13.1. The highest BCUT2D eigenvalue weighted by atomic mass is 35.5. The summed E-state index contributed by atoms with van der Waals surface area (Å²) in [4.78, 5) is 47.4. The highest BCUT2D eigenvalue weighted by molar-refractivity contribution is 6.39. The van der Waals surface area contributed by atoms with Gasteiger partial charge < -0.3 is 0 Å². The molecule has 2 aliphatic carbocycles. The van der Waals surface area contributed by atoms with E-state index in [0.29, 0.717) is 26.9 Å². The van der Waals surface area contributed by atoms with E-state index in [1.807, 2.05) is 110 Å². The van der Waals surface area contributed by atoms with Crippen LogP contribution in [0.5, 0.6) is 0 Å². The van der Waals surface area contributed by atoms with Crippen LogP contribution in [-0.4, -0.2) is 17.6 Å². The van der Waals surface area contributed by atoms with Crippen LogP contribution in [0.15, 0.2) is 133 Å². The lowest BCUT2D eigenvalue weighted by molar-refractivity contribution is -0.130. The van der Waals surface area contributed by atoms with Gasteiger partial charge >= 0.3 is 0 Å². The van der Waals surface area contributed by atoms with Gasteiger partial charge in [-0.05, 0) is 76.2 Å². The molecule has 46 heavy (non-hydrogen) atoms. The Morgan fingerprint density at radius 2 is 0.913 bits per heavy atom. The first-order chi connectivity index (χ1) is 22.3. The number of rotatable bonds is 5. The van der Waals surface area contributed by atoms with Crippen LogP contribution in [0.4, 0.5) is 5.69 Å². The highest BCUT2D eigenvalue weighted by Gasteiger charge is 2.82. The lowest BCUT2D eigenvalue weighted by Gasteiger charge is -2.39. The summed E-state index contributed by atoms with van der Waals surface area (Å²) in [6.45, 7) is 1.89. The maximum atomic E-state index is 15.9. The molecule has 1 aliphatic heterocycles. The largest absolute Gasteiger partial charge is 0.297 e. The molecule has 1 heterocycles. The Kier molecular flexibility index (Phi) is 6.47. The van der Waals surface area contributed by atoms with E-state index in [-0.39, 0.29) is 17.6 Å². The molecule has 4 atom stereocenters. The van der Waals surface area contributed by atoms with Gasteiger partial charge in [-0.1, -0.05) is 126 Å². The standard InChI is InChI=1S/C40H27Cl2NO3/c1-24-10-8-9-15-31(24)43-36(44)34-35(37(43)45)40(28-18-22-30(42)23-19-28)33(26-13-6-3-7-14-26)32(25-11-4-2-5-12-25)39(34,38(40)46)27-16-20-29(41)21-17-27/h2-23,34-35H,1H3/t34-,35-,39+,40+/m1/s1. The Morgan fingerprint density at radius 1 is 0.522 bits per heavy atom. The third kappa shape index (κ3) is 3.60. The number of Topliss-reactive ketones (excluding diaryl/α,β-unsaturated/α-hetero) is 1. The van der Waals surface area contributed by atoms with Gasteiger partial charge in [0.25, 0.3) is 0 Å². The number of hydrogen-bond donors (Lipinski definition) is 0. The molecule has 5 aromatic carbocycles. The smallest absolute Gasteiger partial charge is 0.239 e. The molecule has 1 saturated heterocycles. The topological polar surface area (TPSA) is 54.5 Å². The van der Waals surface area contributed by atoms with Gasteiger partial charge in [0.1, 0.15) is 0 Å². The first-order valence-electron chi connectivity index (χ1n) is 15.2. The monoisotopic (exact) mass is 639 g/mol. The van der Waals surface area contributed by atoms with Gasteiger partial charge in [-0.2, -0.15) is 0 Å². The summed E-state index contributed by atoms with van der Waals surface area (Å²) in [7, 11) is 0. The van der Waals surface area contributed by atoms with E-state index in [2.05, 4.69) is 0 Å². The summed E-state index contributed by atoms with van der Waals surface area (Å²) < 4.78 is 0. The molecular formula is C40H27Cl2NO3.